The highest BCUT2D eigenvalue weighted by Gasteiger charge is 2.20. The topological polar surface area (TPSA) is 47.0 Å². The molecule has 0 aliphatic rings. The molecule has 0 saturated heterocycles. The molecule has 78 valence electrons. The first-order chi connectivity index (χ1) is 6.51. The van der Waals surface area contributed by atoms with Crippen molar-refractivity contribution in [2.75, 3.05) is 19.0 Å². The van der Waals surface area contributed by atoms with Crippen LogP contribution in [0.2, 0.25) is 0 Å². The molecule has 0 aromatic carbocycles. The molecule has 6 heteroatoms. The van der Waals surface area contributed by atoms with Gasteiger partial charge < -0.3 is 10.1 Å². The summed E-state index contributed by atoms with van der Waals surface area (Å²) in [5, 5.41) is 2.41. The summed E-state index contributed by atoms with van der Waals surface area (Å²) in [4.78, 5) is 7.57. The first-order valence-electron chi connectivity index (χ1n) is 4.00. The van der Waals surface area contributed by atoms with Crippen LogP contribution in [0, 0.1) is 0 Å². The minimum absolute atomic E-state index is 0.130. The van der Waals surface area contributed by atoms with E-state index in [0.29, 0.717) is 5.88 Å². The molecular formula is C8H11F2N3O. The number of nitrogens with zero attached hydrogens (tertiary/aromatic N) is 2. The smallest absolute Gasteiger partial charge is 0.262 e. The molecule has 14 heavy (non-hydrogen) atoms. The second-order valence-electron chi connectivity index (χ2n) is 2.85. The summed E-state index contributed by atoms with van der Waals surface area (Å²) in [5.74, 6) is -2.32. The van der Waals surface area contributed by atoms with Gasteiger partial charge in [0.15, 0.2) is 0 Å². The zero-order valence-electron chi connectivity index (χ0n) is 7.92. The standard InChI is InChI=1S/C8H11F2N3O/c1-8(9,10)5-12-7-11-4-3-6(13-7)14-2/h3-4H,5H2,1-2H3,(H,11,12,13). The molecule has 0 aliphatic heterocycles. The molecule has 0 radical (unpaired) electrons. The van der Waals surface area contributed by atoms with Gasteiger partial charge in [0, 0.05) is 19.2 Å². The largest absolute Gasteiger partial charge is 0.481 e. The summed E-state index contributed by atoms with van der Waals surface area (Å²) in [6.07, 6.45) is 1.43. The number of methoxy groups -OCH3 is 1. The lowest BCUT2D eigenvalue weighted by Crippen LogP contribution is -2.23. The molecule has 1 aromatic heterocycles. The van der Waals surface area contributed by atoms with Gasteiger partial charge in [0.25, 0.3) is 5.92 Å². The van der Waals surface area contributed by atoms with Crippen LogP contribution in [0.3, 0.4) is 0 Å². The van der Waals surface area contributed by atoms with Gasteiger partial charge in [-0.25, -0.2) is 13.8 Å². The number of alkyl halides is 2. The Morgan fingerprint density at radius 2 is 2.29 bits per heavy atom. The van der Waals surface area contributed by atoms with Gasteiger partial charge >= 0.3 is 0 Å². The highest BCUT2D eigenvalue weighted by atomic mass is 19.3. The molecule has 0 aliphatic carbocycles. The molecule has 0 atom stereocenters. The van der Waals surface area contributed by atoms with E-state index in [1.54, 1.807) is 0 Å². The van der Waals surface area contributed by atoms with Crippen molar-refractivity contribution in [3.63, 3.8) is 0 Å². The Morgan fingerprint density at radius 3 is 2.86 bits per heavy atom. The van der Waals surface area contributed by atoms with E-state index in [9.17, 15) is 8.78 Å². The van der Waals surface area contributed by atoms with E-state index in [1.165, 1.54) is 19.4 Å². The summed E-state index contributed by atoms with van der Waals surface area (Å²) in [6.45, 7) is 0.320. The van der Waals surface area contributed by atoms with Crippen molar-refractivity contribution in [2.45, 2.75) is 12.8 Å². The minimum atomic E-state index is -2.79. The zero-order chi connectivity index (χ0) is 10.6. The molecular weight excluding hydrogens is 192 g/mol. The summed E-state index contributed by atoms with van der Waals surface area (Å²) in [6, 6.07) is 1.54. The van der Waals surface area contributed by atoms with Crippen molar-refractivity contribution >= 4 is 5.95 Å². The number of hydrogen-bond donors (Lipinski definition) is 1. The number of hydrogen-bond acceptors (Lipinski definition) is 4. The van der Waals surface area contributed by atoms with Gasteiger partial charge in [0.2, 0.25) is 11.8 Å². The molecule has 1 rings (SSSR count). The number of ether oxygens (including phenoxy) is 1. The third kappa shape index (κ3) is 3.51. The Kier molecular flexibility index (Phi) is 3.16. The van der Waals surface area contributed by atoms with Gasteiger partial charge in [-0.15, -0.1) is 0 Å². The third-order valence-corrected chi connectivity index (χ3v) is 1.40. The Morgan fingerprint density at radius 1 is 1.57 bits per heavy atom. The van der Waals surface area contributed by atoms with E-state index in [2.05, 4.69) is 15.3 Å². The van der Waals surface area contributed by atoms with Crippen LogP contribution in [0.15, 0.2) is 12.3 Å². The van der Waals surface area contributed by atoms with E-state index < -0.39 is 12.5 Å². The highest BCUT2D eigenvalue weighted by molar-refractivity contribution is 5.27. The fraction of sp³-hybridized carbons (Fsp3) is 0.500. The predicted molar refractivity (Wildman–Crippen MR) is 47.7 cm³/mol. The van der Waals surface area contributed by atoms with Crippen molar-refractivity contribution in [2.24, 2.45) is 0 Å². The fourth-order valence-corrected chi connectivity index (χ4v) is 0.775. The van der Waals surface area contributed by atoms with Crippen LogP contribution >= 0.6 is 0 Å². The second kappa shape index (κ2) is 4.17. The quantitative estimate of drug-likeness (QED) is 0.806. The SMILES string of the molecule is COc1ccnc(NCC(C)(F)F)n1. The lowest BCUT2D eigenvalue weighted by atomic mass is 10.4. The van der Waals surface area contributed by atoms with E-state index in [-0.39, 0.29) is 5.95 Å². The van der Waals surface area contributed by atoms with Crippen LogP contribution in [-0.4, -0.2) is 29.5 Å². The number of halogens is 2. The molecule has 0 unspecified atom stereocenters. The molecule has 1 aromatic rings. The third-order valence-electron chi connectivity index (χ3n) is 1.40. The Balaban J connectivity index is 2.59. The molecule has 0 fully saturated rings. The Bertz CT molecular complexity index is 301. The van der Waals surface area contributed by atoms with Crippen LogP contribution in [0.4, 0.5) is 14.7 Å². The van der Waals surface area contributed by atoms with Crippen LogP contribution in [0.1, 0.15) is 6.92 Å². The number of nitrogens with one attached hydrogen (secondary N) is 1. The van der Waals surface area contributed by atoms with Crippen LogP contribution in [0.5, 0.6) is 5.88 Å². The second-order valence-corrected chi connectivity index (χ2v) is 2.85. The van der Waals surface area contributed by atoms with Gasteiger partial charge in [0.1, 0.15) is 0 Å². The fourth-order valence-electron chi connectivity index (χ4n) is 0.775. The zero-order valence-corrected chi connectivity index (χ0v) is 7.92. The summed E-state index contributed by atoms with van der Waals surface area (Å²) >= 11 is 0. The van der Waals surface area contributed by atoms with Gasteiger partial charge in [-0.3, -0.25) is 0 Å². The lowest BCUT2D eigenvalue weighted by molar-refractivity contribution is 0.0366. The number of anilines is 1. The Hall–Kier alpha value is -1.46. The van der Waals surface area contributed by atoms with Crippen LogP contribution in [-0.2, 0) is 0 Å². The van der Waals surface area contributed by atoms with Crippen molar-refractivity contribution in [1.29, 1.82) is 0 Å². The maximum absolute atomic E-state index is 12.4. The van der Waals surface area contributed by atoms with E-state index in [4.69, 9.17) is 4.74 Å². The van der Waals surface area contributed by atoms with Crippen molar-refractivity contribution in [3.05, 3.63) is 12.3 Å². The highest BCUT2D eigenvalue weighted by Crippen LogP contribution is 2.13. The molecule has 0 amide bonds. The molecule has 0 spiro atoms. The average molecular weight is 203 g/mol. The van der Waals surface area contributed by atoms with Gasteiger partial charge in [0.05, 0.1) is 13.7 Å². The van der Waals surface area contributed by atoms with Gasteiger partial charge in [-0.2, -0.15) is 4.98 Å². The Labute approximate surface area is 80.3 Å². The van der Waals surface area contributed by atoms with Crippen LogP contribution in [0.25, 0.3) is 0 Å². The predicted octanol–water partition coefficient (Wildman–Crippen LogP) is 1.55. The van der Waals surface area contributed by atoms with Crippen molar-refractivity contribution in [3.8, 4) is 5.88 Å². The van der Waals surface area contributed by atoms with E-state index in [0.717, 1.165) is 6.92 Å². The van der Waals surface area contributed by atoms with E-state index in [1.807, 2.05) is 0 Å². The molecule has 1 heterocycles. The first-order valence-corrected chi connectivity index (χ1v) is 4.00. The minimum Gasteiger partial charge on any atom is -0.481 e. The first kappa shape index (κ1) is 10.6. The van der Waals surface area contributed by atoms with Crippen LogP contribution < -0.4 is 10.1 Å². The molecule has 1 N–H and O–H groups in total. The summed E-state index contributed by atoms with van der Waals surface area (Å²) < 4.78 is 29.7. The molecule has 0 saturated carbocycles. The summed E-state index contributed by atoms with van der Waals surface area (Å²) in [7, 11) is 1.44. The monoisotopic (exact) mass is 203 g/mol. The normalized spacial score (nSPS) is 11.1. The maximum atomic E-state index is 12.4. The number of rotatable bonds is 4. The summed E-state index contributed by atoms with van der Waals surface area (Å²) in [5.41, 5.74) is 0. The van der Waals surface area contributed by atoms with E-state index >= 15 is 0 Å². The average Bonchev–Trinajstić information content (AvgIpc) is 2.14. The molecule has 4 nitrogen and oxygen atoms in total. The molecule has 0 bridgehead atoms. The van der Waals surface area contributed by atoms with Gasteiger partial charge in [-0.05, 0) is 0 Å². The lowest BCUT2D eigenvalue weighted by Gasteiger charge is -2.11. The number of aromatic nitrogens is 2. The van der Waals surface area contributed by atoms with Crippen molar-refractivity contribution in [1.82, 2.24) is 9.97 Å². The van der Waals surface area contributed by atoms with Gasteiger partial charge in [-0.1, -0.05) is 0 Å². The van der Waals surface area contributed by atoms with Crippen molar-refractivity contribution < 1.29 is 13.5 Å². The maximum Gasteiger partial charge on any atom is 0.262 e.